The Morgan fingerprint density at radius 3 is 2.50 bits per heavy atom. The quantitative estimate of drug-likeness (QED) is 0.545. The van der Waals surface area contributed by atoms with Gasteiger partial charge in [-0.25, -0.2) is 0 Å². The van der Waals surface area contributed by atoms with Gasteiger partial charge in [-0.05, 0) is 11.8 Å². The number of hydrogen-bond donors (Lipinski definition) is 2. The fourth-order valence-corrected chi connectivity index (χ4v) is 1.80. The average Bonchev–Trinajstić information content (AvgIpc) is 2.67. The van der Waals surface area contributed by atoms with Crippen molar-refractivity contribution in [3.8, 4) is 0 Å². The van der Waals surface area contributed by atoms with Crippen LogP contribution in [0.15, 0.2) is 11.5 Å². The Balaban J connectivity index is 0.0000001000. The van der Waals surface area contributed by atoms with Gasteiger partial charge in [0.2, 0.25) is 0 Å². The Kier molecular flexibility index (Phi) is 5.15. The van der Waals surface area contributed by atoms with Gasteiger partial charge in [0.1, 0.15) is 0 Å². The third-order valence-corrected chi connectivity index (χ3v) is 2.64. The molecule has 2 N–H and O–H groups in total. The SMILES string of the molecule is C1=CSNC1.C1CNSC1. The molecule has 2 heterocycles. The molecule has 0 amide bonds. The van der Waals surface area contributed by atoms with Crippen molar-refractivity contribution in [1.82, 2.24) is 9.44 Å². The van der Waals surface area contributed by atoms with Crippen LogP contribution in [0.3, 0.4) is 0 Å². The van der Waals surface area contributed by atoms with Crippen LogP contribution >= 0.6 is 23.9 Å². The van der Waals surface area contributed by atoms with Crippen LogP contribution in [0, 0.1) is 0 Å². The molecule has 2 aliphatic heterocycles. The number of hydrogen-bond acceptors (Lipinski definition) is 4. The second kappa shape index (κ2) is 6.09. The fraction of sp³-hybridized carbons (Fsp3) is 0.667. The van der Waals surface area contributed by atoms with Gasteiger partial charge in [0.05, 0.1) is 0 Å². The van der Waals surface area contributed by atoms with Gasteiger partial charge in [0, 0.05) is 18.8 Å². The minimum absolute atomic E-state index is 1.03. The molecule has 1 saturated heterocycles. The Labute approximate surface area is 70.5 Å². The number of nitrogens with one attached hydrogen (secondary N) is 2. The zero-order valence-corrected chi connectivity index (χ0v) is 7.43. The molecule has 0 bridgehead atoms. The highest BCUT2D eigenvalue weighted by Gasteiger charge is 1.94. The molecule has 0 unspecified atom stereocenters. The van der Waals surface area contributed by atoms with Gasteiger partial charge in [-0.2, -0.15) is 0 Å². The van der Waals surface area contributed by atoms with E-state index in [2.05, 4.69) is 15.5 Å². The van der Waals surface area contributed by atoms with Crippen LogP contribution in [0.2, 0.25) is 0 Å². The van der Waals surface area contributed by atoms with E-state index in [0.717, 1.165) is 6.54 Å². The zero-order chi connectivity index (χ0) is 7.07. The lowest BCUT2D eigenvalue weighted by atomic mass is 10.5. The molecular weight excluding hydrogens is 164 g/mol. The summed E-state index contributed by atoms with van der Waals surface area (Å²) in [5.41, 5.74) is 0. The molecule has 2 rings (SSSR count). The molecule has 1 fully saturated rings. The van der Waals surface area contributed by atoms with Crippen molar-refractivity contribution in [2.24, 2.45) is 0 Å². The Morgan fingerprint density at radius 1 is 1.30 bits per heavy atom. The van der Waals surface area contributed by atoms with Crippen LogP contribution in [0.4, 0.5) is 0 Å². The van der Waals surface area contributed by atoms with Crippen molar-refractivity contribution >= 4 is 23.9 Å². The summed E-state index contributed by atoms with van der Waals surface area (Å²) in [5.74, 6) is 1.31. The van der Waals surface area contributed by atoms with Crippen LogP contribution < -0.4 is 9.44 Å². The average molecular weight is 176 g/mol. The third-order valence-electron chi connectivity index (χ3n) is 1.08. The van der Waals surface area contributed by atoms with Gasteiger partial charge in [-0.1, -0.05) is 30.0 Å². The highest BCUT2D eigenvalue weighted by Crippen LogP contribution is 2.02. The summed E-state index contributed by atoms with van der Waals surface area (Å²) in [4.78, 5) is 0. The topological polar surface area (TPSA) is 24.1 Å². The first-order valence-electron chi connectivity index (χ1n) is 3.38. The van der Waals surface area contributed by atoms with E-state index in [0.29, 0.717) is 0 Å². The van der Waals surface area contributed by atoms with Crippen LogP contribution in [0.5, 0.6) is 0 Å². The first-order valence-corrected chi connectivity index (χ1v) is 5.25. The standard InChI is InChI=1S/C3H7NS.C3H5NS/c2*1-2-4-5-3-1/h4H,1-3H2;1,3-4H,2H2. The highest BCUT2D eigenvalue weighted by molar-refractivity contribution is 8.00. The van der Waals surface area contributed by atoms with E-state index in [9.17, 15) is 0 Å². The summed E-state index contributed by atoms with van der Waals surface area (Å²) in [5, 5.41) is 2.04. The van der Waals surface area contributed by atoms with E-state index < -0.39 is 0 Å². The molecule has 0 aromatic rings. The molecule has 10 heavy (non-hydrogen) atoms. The minimum atomic E-state index is 1.03. The second-order valence-corrected chi connectivity index (χ2v) is 3.72. The molecule has 0 atom stereocenters. The second-order valence-electron chi connectivity index (χ2n) is 1.93. The predicted octanol–water partition coefficient (Wildman–Crippen LogP) is 1.38. The first-order chi connectivity index (χ1) is 5.00. The van der Waals surface area contributed by atoms with Crippen molar-refractivity contribution in [1.29, 1.82) is 0 Å². The molecule has 2 aliphatic rings. The first kappa shape index (κ1) is 8.46. The van der Waals surface area contributed by atoms with E-state index in [-0.39, 0.29) is 0 Å². The van der Waals surface area contributed by atoms with Gasteiger partial charge in [-0.3, -0.25) is 9.44 Å². The molecule has 0 aromatic heterocycles. The molecule has 0 spiro atoms. The van der Waals surface area contributed by atoms with Crippen molar-refractivity contribution in [2.75, 3.05) is 18.8 Å². The Morgan fingerprint density at radius 2 is 2.30 bits per heavy atom. The van der Waals surface area contributed by atoms with Crippen molar-refractivity contribution in [3.63, 3.8) is 0 Å². The van der Waals surface area contributed by atoms with Crippen molar-refractivity contribution in [3.05, 3.63) is 11.5 Å². The molecule has 0 aliphatic carbocycles. The van der Waals surface area contributed by atoms with Crippen LogP contribution in [0.25, 0.3) is 0 Å². The molecule has 0 aromatic carbocycles. The van der Waals surface area contributed by atoms with Gasteiger partial charge < -0.3 is 0 Å². The van der Waals surface area contributed by atoms with Gasteiger partial charge in [-0.15, -0.1) is 0 Å². The molecule has 2 nitrogen and oxygen atoms in total. The molecule has 0 saturated carbocycles. The summed E-state index contributed by atoms with van der Waals surface area (Å²) in [6.45, 7) is 2.25. The van der Waals surface area contributed by atoms with E-state index in [1.807, 2.05) is 17.4 Å². The van der Waals surface area contributed by atoms with Crippen LogP contribution in [-0.4, -0.2) is 18.8 Å². The summed E-state index contributed by atoms with van der Waals surface area (Å²) in [6.07, 6.45) is 3.44. The predicted molar refractivity (Wildman–Crippen MR) is 49.8 cm³/mol. The lowest BCUT2D eigenvalue weighted by Crippen LogP contribution is -1.92. The third kappa shape index (κ3) is 4.22. The molecule has 4 heteroatoms. The van der Waals surface area contributed by atoms with Crippen LogP contribution in [0.1, 0.15) is 6.42 Å². The minimum Gasteiger partial charge on any atom is -0.264 e. The van der Waals surface area contributed by atoms with E-state index in [1.54, 1.807) is 11.9 Å². The lowest BCUT2D eigenvalue weighted by molar-refractivity contribution is 0.940. The summed E-state index contributed by atoms with van der Waals surface area (Å²) in [6, 6.07) is 0. The number of rotatable bonds is 0. The van der Waals surface area contributed by atoms with Crippen molar-refractivity contribution < 1.29 is 0 Å². The summed E-state index contributed by atoms with van der Waals surface area (Å²) >= 11 is 3.47. The van der Waals surface area contributed by atoms with Crippen LogP contribution in [-0.2, 0) is 0 Å². The van der Waals surface area contributed by atoms with Crippen molar-refractivity contribution in [2.45, 2.75) is 6.42 Å². The fourth-order valence-electron chi connectivity index (χ4n) is 0.601. The summed E-state index contributed by atoms with van der Waals surface area (Å²) < 4.78 is 6.17. The molecule has 58 valence electrons. The zero-order valence-electron chi connectivity index (χ0n) is 5.80. The van der Waals surface area contributed by atoms with E-state index in [1.165, 1.54) is 18.7 Å². The maximum atomic E-state index is 3.14. The van der Waals surface area contributed by atoms with E-state index >= 15 is 0 Å². The van der Waals surface area contributed by atoms with Gasteiger partial charge in [0.25, 0.3) is 0 Å². The molecular formula is C6H12N2S2. The monoisotopic (exact) mass is 176 g/mol. The molecule has 0 radical (unpaired) electrons. The van der Waals surface area contributed by atoms with Gasteiger partial charge >= 0.3 is 0 Å². The highest BCUT2D eigenvalue weighted by atomic mass is 32.2. The normalized spacial score (nSPS) is 22.4. The van der Waals surface area contributed by atoms with E-state index in [4.69, 9.17) is 0 Å². The van der Waals surface area contributed by atoms with Gasteiger partial charge in [0.15, 0.2) is 0 Å². The largest absolute Gasteiger partial charge is 0.264 e. The summed E-state index contributed by atoms with van der Waals surface area (Å²) in [7, 11) is 0. The maximum absolute atomic E-state index is 3.14. The smallest absolute Gasteiger partial charge is 0.0251 e. The maximum Gasteiger partial charge on any atom is 0.0251 e. The Hall–Kier alpha value is 0.360. The lowest BCUT2D eigenvalue weighted by Gasteiger charge is -1.76. The Bertz CT molecular complexity index is 88.3.